The first-order valence-corrected chi connectivity index (χ1v) is 9.29. The third kappa shape index (κ3) is 5.41. The van der Waals surface area contributed by atoms with Crippen molar-refractivity contribution in [2.75, 3.05) is 7.05 Å². The molecule has 0 amide bonds. The molecule has 0 aliphatic rings. The van der Waals surface area contributed by atoms with Crippen molar-refractivity contribution >= 4 is 10.0 Å². The maximum Gasteiger partial charge on any atom is 0.216 e. The van der Waals surface area contributed by atoms with Gasteiger partial charge in [0, 0.05) is 12.1 Å². The summed E-state index contributed by atoms with van der Waals surface area (Å²) in [6.07, 6.45) is 2.42. The highest BCUT2D eigenvalue weighted by Gasteiger charge is 2.29. The Hall–Kier alpha value is -0.910. The van der Waals surface area contributed by atoms with Crippen LogP contribution in [0.4, 0.5) is 0 Å². The van der Waals surface area contributed by atoms with E-state index >= 15 is 0 Å². The fourth-order valence-corrected chi connectivity index (χ4v) is 4.31. The maximum atomic E-state index is 12.4. The first-order chi connectivity index (χ1) is 9.90. The Bertz CT molecular complexity index is 511. The number of rotatable bonds is 9. The summed E-state index contributed by atoms with van der Waals surface area (Å²) in [5.74, 6) is 0.0363. The zero-order chi connectivity index (χ0) is 15.9. The van der Waals surface area contributed by atoms with Crippen molar-refractivity contribution in [3.8, 4) is 0 Å². The van der Waals surface area contributed by atoms with Crippen LogP contribution in [-0.4, -0.2) is 21.0 Å². The van der Waals surface area contributed by atoms with Crippen LogP contribution in [0.25, 0.3) is 0 Å². The van der Waals surface area contributed by atoms with Crippen molar-refractivity contribution in [2.24, 2.45) is 0 Å². The molecular weight excluding hydrogens is 284 g/mol. The van der Waals surface area contributed by atoms with Crippen molar-refractivity contribution in [3.63, 3.8) is 0 Å². The monoisotopic (exact) mass is 312 g/mol. The van der Waals surface area contributed by atoms with Gasteiger partial charge in [0.25, 0.3) is 0 Å². The first kappa shape index (κ1) is 18.1. The molecule has 0 aliphatic carbocycles. The lowest BCUT2D eigenvalue weighted by Gasteiger charge is -2.31. The van der Waals surface area contributed by atoms with Gasteiger partial charge < -0.3 is 5.32 Å². The number of sulfonamides is 1. The molecule has 0 fully saturated rings. The fourth-order valence-electron chi connectivity index (χ4n) is 2.51. The Morgan fingerprint density at radius 1 is 0.952 bits per heavy atom. The Morgan fingerprint density at radius 2 is 1.43 bits per heavy atom. The summed E-state index contributed by atoms with van der Waals surface area (Å²) in [5, 5.41) is 3.07. The van der Waals surface area contributed by atoms with Gasteiger partial charge in [-0.1, -0.05) is 45.0 Å². The minimum Gasteiger partial charge on any atom is -0.316 e. The van der Waals surface area contributed by atoms with Gasteiger partial charge in [0.15, 0.2) is 0 Å². The second-order valence-electron chi connectivity index (χ2n) is 5.55. The second kappa shape index (κ2) is 7.92. The van der Waals surface area contributed by atoms with E-state index in [1.807, 2.05) is 52.1 Å². The number of nitrogens with one attached hydrogen (secondary N) is 2. The minimum absolute atomic E-state index is 0.0363. The summed E-state index contributed by atoms with van der Waals surface area (Å²) < 4.78 is 27.7. The van der Waals surface area contributed by atoms with Crippen LogP contribution < -0.4 is 10.0 Å². The topological polar surface area (TPSA) is 58.2 Å². The summed E-state index contributed by atoms with van der Waals surface area (Å²) in [7, 11) is -1.43. The standard InChI is InChI=1S/C16H28N2O2S/c1-5-16(6-2,7-3)18-21(19,20)13-15-10-8-14(9-11-15)12-17-4/h8-11,17-18H,5-7,12-13H2,1-4H3. The molecule has 0 heterocycles. The van der Waals surface area contributed by atoms with Crippen molar-refractivity contribution < 1.29 is 8.42 Å². The molecular formula is C16H28N2O2S. The molecule has 21 heavy (non-hydrogen) atoms. The number of hydrogen-bond acceptors (Lipinski definition) is 3. The Kier molecular flexibility index (Phi) is 6.84. The van der Waals surface area contributed by atoms with Gasteiger partial charge >= 0.3 is 0 Å². The Morgan fingerprint density at radius 3 is 1.86 bits per heavy atom. The Labute approximate surface area is 129 Å². The normalized spacial score (nSPS) is 12.6. The lowest BCUT2D eigenvalue weighted by molar-refractivity contribution is 0.341. The van der Waals surface area contributed by atoms with Crippen molar-refractivity contribution in [3.05, 3.63) is 35.4 Å². The predicted molar refractivity (Wildman–Crippen MR) is 88.6 cm³/mol. The van der Waals surface area contributed by atoms with Gasteiger partial charge in [-0.15, -0.1) is 0 Å². The van der Waals surface area contributed by atoms with Crippen LogP contribution in [0.15, 0.2) is 24.3 Å². The molecule has 1 aromatic rings. The highest BCUT2D eigenvalue weighted by Crippen LogP contribution is 2.21. The van der Waals surface area contributed by atoms with E-state index in [-0.39, 0.29) is 11.3 Å². The molecule has 0 aromatic heterocycles. The van der Waals surface area contributed by atoms with Crippen molar-refractivity contribution in [1.82, 2.24) is 10.0 Å². The SMILES string of the molecule is CCC(CC)(CC)NS(=O)(=O)Cc1ccc(CNC)cc1. The number of hydrogen-bond donors (Lipinski definition) is 2. The molecule has 5 heteroatoms. The first-order valence-electron chi connectivity index (χ1n) is 7.64. The van der Waals surface area contributed by atoms with E-state index in [0.29, 0.717) is 0 Å². The highest BCUT2D eigenvalue weighted by molar-refractivity contribution is 7.88. The smallest absolute Gasteiger partial charge is 0.216 e. The zero-order valence-corrected chi connectivity index (χ0v) is 14.4. The molecule has 0 bridgehead atoms. The van der Waals surface area contributed by atoms with Crippen molar-refractivity contribution in [1.29, 1.82) is 0 Å². The van der Waals surface area contributed by atoms with Crippen molar-refractivity contribution in [2.45, 2.75) is 57.9 Å². The average molecular weight is 312 g/mol. The van der Waals surface area contributed by atoms with Crippen LogP contribution in [0, 0.1) is 0 Å². The zero-order valence-electron chi connectivity index (χ0n) is 13.6. The van der Waals surface area contributed by atoms with Gasteiger partial charge in [0.2, 0.25) is 10.0 Å². The molecule has 2 N–H and O–H groups in total. The molecule has 0 saturated heterocycles. The summed E-state index contributed by atoms with van der Waals surface area (Å²) in [5.41, 5.74) is 1.65. The van der Waals surface area contributed by atoms with E-state index in [9.17, 15) is 8.42 Å². The molecule has 0 spiro atoms. The molecule has 120 valence electrons. The van der Waals surface area contributed by atoms with Crippen LogP contribution in [0.1, 0.15) is 51.2 Å². The number of benzene rings is 1. The van der Waals surface area contributed by atoms with Gasteiger partial charge in [0.05, 0.1) is 5.75 Å². The Balaban J connectivity index is 2.80. The van der Waals surface area contributed by atoms with Crippen LogP contribution in [-0.2, 0) is 22.3 Å². The second-order valence-corrected chi connectivity index (χ2v) is 7.27. The van der Waals surface area contributed by atoms with Gasteiger partial charge in [-0.25, -0.2) is 13.1 Å². The third-order valence-corrected chi connectivity index (χ3v) is 5.62. The molecule has 0 radical (unpaired) electrons. The molecule has 0 saturated carbocycles. The van der Waals surface area contributed by atoms with E-state index in [0.717, 1.165) is 36.9 Å². The van der Waals surface area contributed by atoms with Crippen LogP contribution in [0.3, 0.4) is 0 Å². The van der Waals surface area contributed by atoms with Gasteiger partial charge in [0.1, 0.15) is 0 Å². The highest BCUT2D eigenvalue weighted by atomic mass is 32.2. The minimum atomic E-state index is -3.32. The van der Waals surface area contributed by atoms with Gasteiger partial charge in [-0.05, 0) is 37.4 Å². The van der Waals surface area contributed by atoms with Crippen LogP contribution >= 0.6 is 0 Å². The lowest BCUT2D eigenvalue weighted by atomic mass is 9.91. The van der Waals surface area contributed by atoms with E-state index in [1.54, 1.807) is 0 Å². The molecule has 1 rings (SSSR count). The van der Waals surface area contributed by atoms with E-state index in [2.05, 4.69) is 10.0 Å². The molecule has 0 unspecified atom stereocenters. The largest absolute Gasteiger partial charge is 0.316 e. The summed E-state index contributed by atoms with van der Waals surface area (Å²) in [6.45, 7) is 6.88. The van der Waals surface area contributed by atoms with E-state index in [4.69, 9.17) is 0 Å². The lowest BCUT2D eigenvalue weighted by Crippen LogP contribution is -2.47. The summed E-state index contributed by atoms with van der Waals surface area (Å²) in [6, 6.07) is 7.71. The molecule has 4 nitrogen and oxygen atoms in total. The molecule has 0 atom stereocenters. The maximum absolute atomic E-state index is 12.4. The summed E-state index contributed by atoms with van der Waals surface area (Å²) >= 11 is 0. The quantitative estimate of drug-likeness (QED) is 0.737. The summed E-state index contributed by atoms with van der Waals surface area (Å²) in [4.78, 5) is 0. The van der Waals surface area contributed by atoms with Gasteiger partial charge in [-0.3, -0.25) is 0 Å². The van der Waals surface area contributed by atoms with Crippen LogP contribution in [0.5, 0.6) is 0 Å². The molecule has 0 aliphatic heterocycles. The van der Waals surface area contributed by atoms with E-state index in [1.165, 1.54) is 0 Å². The average Bonchev–Trinajstić information content (AvgIpc) is 2.47. The van der Waals surface area contributed by atoms with E-state index < -0.39 is 10.0 Å². The molecule has 1 aromatic carbocycles. The fraction of sp³-hybridized carbons (Fsp3) is 0.625. The van der Waals surface area contributed by atoms with Gasteiger partial charge in [-0.2, -0.15) is 0 Å². The predicted octanol–water partition coefficient (Wildman–Crippen LogP) is 2.79. The third-order valence-electron chi connectivity index (χ3n) is 4.16. The van der Waals surface area contributed by atoms with Crippen LogP contribution in [0.2, 0.25) is 0 Å².